The monoisotopic (exact) mass is 289 g/mol. The molecule has 0 aliphatic rings. The molecule has 0 radical (unpaired) electrons. The van der Waals surface area contributed by atoms with Crippen LogP contribution >= 0.6 is 11.3 Å². The molecule has 2 rings (SSSR count). The van der Waals surface area contributed by atoms with Crippen molar-refractivity contribution in [2.45, 2.75) is 26.4 Å². The SMILES string of the molecule is COC(=O)C(NCc1cccs1)c1cc(C)cc(C)c1. The van der Waals surface area contributed by atoms with Crippen LogP contribution in [0.25, 0.3) is 0 Å². The first-order valence-corrected chi connectivity index (χ1v) is 7.40. The van der Waals surface area contributed by atoms with Gasteiger partial charge < -0.3 is 4.74 Å². The van der Waals surface area contributed by atoms with Gasteiger partial charge in [0, 0.05) is 11.4 Å². The topological polar surface area (TPSA) is 38.3 Å². The van der Waals surface area contributed by atoms with E-state index in [4.69, 9.17) is 4.74 Å². The van der Waals surface area contributed by atoms with Crippen molar-refractivity contribution in [2.24, 2.45) is 0 Å². The van der Waals surface area contributed by atoms with E-state index >= 15 is 0 Å². The van der Waals surface area contributed by atoms with Crippen molar-refractivity contribution >= 4 is 17.3 Å². The lowest BCUT2D eigenvalue weighted by molar-refractivity contribution is -0.143. The first-order valence-electron chi connectivity index (χ1n) is 6.52. The second-order valence-corrected chi connectivity index (χ2v) is 5.87. The molecule has 0 amide bonds. The standard InChI is InChI=1S/C16H19NO2S/c1-11-7-12(2)9-13(8-11)15(16(18)19-3)17-10-14-5-4-6-20-14/h4-9,15,17H,10H2,1-3H3. The van der Waals surface area contributed by atoms with E-state index in [1.54, 1.807) is 11.3 Å². The number of hydrogen-bond donors (Lipinski definition) is 1. The molecule has 1 aromatic carbocycles. The number of benzene rings is 1. The highest BCUT2D eigenvalue weighted by atomic mass is 32.1. The molecule has 0 saturated heterocycles. The zero-order chi connectivity index (χ0) is 14.5. The fourth-order valence-corrected chi connectivity index (χ4v) is 2.90. The lowest BCUT2D eigenvalue weighted by Crippen LogP contribution is -2.29. The Morgan fingerprint density at radius 3 is 2.55 bits per heavy atom. The van der Waals surface area contributed by atoms with Gasteiger partial charge in [-0.2, -0.15) is 0 Å². The van der Waals surface area contributed by atoms with Gasteiger partial charge in [-0.3, -0.25) is 5.32 Å². The quantitative estimate of drug-likeness (QED) is 0.858. The summed E-state index contributed by atoms with van der Waals surface area (Å²) in [6, 6.07) is 9.77. The molecule has 3 nitrogen and oxygen atoms in total. The van der Waals surface area contributed by atoms with Crippen LogP contribution in [0.5, 0.6) is 0 Å². The van der Waals surface area contributed by atoms with Crippen LogP contribution in [0.3, 0.4) is 0 Å². The maximum Gasteiger partial charge on any atom is 0.327 e. The van der Waals surface area contributed by atoms with E-state index in [1.165, 1.54) is 12.0 Å². The van der Waals surface area contributed by atoms with Gasteiger partial charge in [-0.25, -0.2) is 4.79 Å². The van der Waals surface area contributed by atoms with Gasteiger partial charge in [0.15, 0.2) is 0 Å². The molecule has 0 saturated carbocycles. The number of rotatable bonds is 5. The molecule has 1 heterocycles. The van der Waals surface area contributed by atoms with E-state index in [2.05, 4.69) is 11.4 Å². The number of nitrogens with one attached hydrogen (secondary N) is 1. The molecule has 2 aromatic rings. The summed E-state index contributed by atoms with van der Waals surface area (Å²) in [5, 5.41) is 5.31. The van der Waals surface area contributed by atoms with Crippen molar-refractivity contribution in [3.05, 3.63) is 57.3 Å². The summed E-state index contributed by atoms with van der Waals surface area (Å²) in [6.07, 6.45) is 0. The Bertz CT molecular complexity index is 558. The van der Waals surface area contributed by atoms with E-state index < -0.39 is 6.04 Å². The summed E-state index contributed by atoms with van der Waals surface area (Å²) in [4.78, 5) is 13.2. The highest BCUT2D eigenvalue weighted by molar-refractivity contribution is 7.09. The average molecular weight is 289 g/mol. The molecule has 1 aromatic heterocycles. The summed E-state index contributed by atoms with van der Waals surface area (Å²) in [5.41, 5.74) is 3.24. The highest BCUT2D eigenvalue weighted by Gasteiger charge is 2.21. The van der Waals surface area contributed by atoms with Gasteiger partial charge in [-0.1, -0.05) is 35.4 Å². The van der Waals surface area contributed by atoms with E-state index in [0.717, 1.165) is 16.7 Å². The maximum absolute atomic E-state index is 12.0. The number of methoxy groups -OCH3 is 1. The zero-order valence-electron chi connectivity index (χ0n) is 12.0. The van der Waals surface area contributed by atoms with Gasteiger partial charge in [-0.15, -0.1) is 11.3 Å². The van der Waals surface area contributed by atoms with Crippen LogP contribution in [0.2, 0.25) is 0 Å². The smallest absolute Gasteiger partial charge is 0.327 e. The fourth-order valence-electron chi connectivity index (χ4n) is 2.25. The second kappa shape index (κ2) is 6.68. The summed E-state index contributed by atoms with van der Waals surface area (Å²) >= 11 is 1.67. The Hall–Kier alpha value is -1.65. The Labute approximate surface area is 123 Å². The molecule has 1 atom stereocenters. The predicted octanol–water partition coefficient (Wildman–Crippen LogP) is 3.37. The minimum absolute atomic E-state index is 0.258. The molecule has 0 aliphatic heterocycles. The molecular weight excluding hydrogens is 270 g/mol. The Morgan fingerprint density at radius 2 is 2.00 bits per heavy atom. The van der Waals surface area contributed by atoms with Crippen LogP contribution in [0.4, 0.5) is 0 Å². The lowest BCUT2D eigenvalue weighted by atomic mass is 10.0. The summed E-state index contributed by atoms with van der Waals surface area (Å²) < 4.78 is 4.92. The maximum atomic E-state index is 12.0. The third-order valence-corrected chi connectivity index (χ3v) is 3.95. The van der Waals surface area contributed by atoms with Crippen molar-refractivity contribution in [2.75, 3.05) is 7.11 Å². The summed E-state index contributed by atoms with van der Waals surface area (Å²) in [5.74, 6) is -0.258. The number of thiophene rings is 1. The number of aryl methyl sites for hydroxylation is 2. The van der Waals surface area contributed by atoms with Crippen molar-refractivity contribution in [1.29, 1.82) is 0 Å². The molecule has 1 N–H and O–H groups in total. The first kappa shape index (κ1) is 14.8. The number of esters is 1. The molecule has 0 aliphatic carbocycles. The molecule has 0 fully saturated rings. The van der Waals surface area contributed by atoms with Crippen LogP contribution in [-0.2, 0) is 16.1 Å². The number of ether oxygens (including phenoxy) is 1. The number of carbonyl (C=O) groups excluding carboxylic acids is 1. The van der Waals surface area contributed by atoms with E-state index in [0.29, 0.717) is 6.54 Å². The van der Waals surface area contributed by atoms with Gasteiger partial charge in [-0.05, 0) is 30.9 Å². The third kappa shape index (κ3) is 3.68. The van der Waals surface area contributed by atoms with Crippen LogP contribution in [0, 0.1) is 13.8 Å². The van der Waals surface area contributed by atoms with Gasteiger partial charge in [0.1, 0.15) is 6.04 Å². The van der Waals surface area contributed by atoms with Gasteiger partial charge >= 0.3 is 5.97 Å². The molecular formula is C16H19NO2S. The number of carbonyl (C=O) groups is 1. The molecule has 1 unspecified atom stereocenters. The molecule has 106 valence electrons. The van der Waals surface area contributed by atoms with Crippen LogP contribution in [0.15, 0.2) is 35.7 Å². The number of hydrogen-bond acceptors (Lipinski definition) is 4. The van der Waals surface area contributed by atoms with Crippen molar-refractivity contribution in [1.82, 2.24) is 5.32 Å². The predicted molar refractivity (Wildman–Crippen MR) is 81.8 cm³/mol. The normalized spacial score (nSPS) is 12.2. The minimum Gasteiger partial charge on any atom is -0.468 e. The Balaban J connectivity index is 2.20. The summed E-state index contributed by atoms with van der Waals surface area (Å²) in [7, 11) is 1.42. The third-order valence-electron chi connectivity index (χ3n) is 3.07. The molecule has 0 spiro atoms. The Morgan fingerprint density at radius 1 is 1.30 bits per heavy atom. The molecule has 4 heteroatoms. The fraction of sp³-hybridized carbons (Fsp3) is 0.312. The van der Waals surface area contributed by atoms with E-state index in [-0.39, 0.29) is 5.97 Å². The minimum atomic E-state index is -0.430. The van der Waals surface area contributed by atoms with Crippen LogP contribution in [0.1, 0.15) is 27.6 Å². The largest absolute Gasteiger partial charge is 0.468 e. The molecule has 0 bridgehead atoms. The molecule has 20 heavy (non-hydrogen) atoms. The second-order valence-electron chi connectivity index (χ2n) is 4.84. The van der Waals surface area contributed by atoms with Crippen molar-refractivity contribution in [3.8, 4) is 0 Å². The van der Waals surface area contributed by atoms with Crippen LogP contribution in [-0.4, -0.2) is 13.1 Å². The first-order chi connectivity index (χ1) is 9.60. The lowest BCUT2D eigenvalue weighted by Gasteiger charge is -2.17. The highest BCUT2D eigenvalue weighted by Crippen LogP contribution is 2.20. The zero-order valence-corrected chi connectivity index (χ0v) is 12.8. The van der Waals surface area contributed by atoms with Crippen LogP contribution < -0.4 is 5.32 Å². The van der Waals surface area contributed by atoms with Crippen molar-refractivity contribution < 1.29 is 9.53 Å². The van der Waals surface area contributed by atoms with Crippen molar-refractivity contribution in [3.63, 3.8) is 0 Å². The van der Waals surface area contributed by atoms with Gasteiger partial charge in [0.2, 0.25) is 0 Å². The van der Waals surface area contributed by atoms with E-state index in [9.17, 15) is 4.79 Å². The van der Waals surface area contributed by atoms with Gasteiger partial charge in [0.25, 0.3) is 0 Å². The van der Waals surface area contributed by atoms with Gasteiger partial charge in [0.05, 0.1) is 7.11 Å². The Kier molecular flexibility index (Phi) is 4.93. The van der Waals surface area contributed by atoms with E-state index in [1.807, 2.05) is 43.5 Å². The summed E-state index contributed by atoms with van der Waals surface area (Å²) in [6.45, 7) is 4.72. The average Bonchev–Trinajstić information content (AvgIpc) is 2.90.